The second kappa shape index (κ2) is 7.01. The molecule has 0 aliphatic carbocycles. The predicted octanol–water partition coefficient (Wildman–Crippen LogP) is 1.09. The Morgan fingerprint density at radius 1 is 1.63 bits per heavy atom. The zero-order chi connectivity index (χ0) is 14.4. The van der Waals surface area contributed by atoms with Crippen LogP contribution in [0.25, 0.3) is 0 Å². The number of ether oxygens (including phenoxy) is 1. The first-order valence-electron chi connectivity index (χ1n) is 5.29. The second-order valence-electron chi connectivity index (χ2n) is 3.64. The molecule has 0 aliphatic heterocycles. The van der Waals surface area contributed by atoms with Crippen LogP contribution in [0, 0.1) is 5.82 Å². The molecule has 1 unspecified atom stereocenters. The molecule has 0 aliphatic rings. The van der Waals surface area contributed by atoms with Crippen LogP contribution in [-0.4, -0.2) is 41.7 Å². The molecule has 6 nitrogen and oxygen atoms in total. The topological polar surface area (TPSA) is 88.5 Å². The number of pyridine rings is 1. The number of halogens is 2. The fourth-order valence-electron chi connectivity index (χ4n) is 1.31. The van der Waals surface area contributed by atoms with Crippen LogP contribution in [0.5, 0.6) is 0 Å². The summed E-state index contributed by atoms with van der Waals surface area (Å²) in [7, 11) is 1.41. The van der Waals surface area contributed by atoms with Crippen molar-refractivity contribution >= 4 is 23.5 Å². The van der Waals surface area contributed by atoms with E-state index in [1.807, 2.05) is 0 Å². The smallest absolute Gasteiger partial charge is 0.326 e. The number of carboxylic acids is 1. The molecule has 0 fully saturated rings. The van der Waals surface area contributed by atoms with Gasteiger partial charge in [0.1, 0.15) is 17.0 Å². The van der Waals surface area contributed by atoms with E-state index in [2.05, 4.69) is 10.3 Å². The monoisotopic (exact) mass is 290 g/mol. The molecule has 0 aromatic carbocycles. The van der Waals surface area contributed by atoms with Crippen LogP contribution < -0.4 is 5.32 Å². The van der Waals surface area contributed by atoms with E-state index in [-0.39, 0.29) is 23.7 Å². The number of hydrogen-bond acceptors (Lipinski definition) is 4. The number of amides is 1. The summed E-state index contributed by atoms with van der Waals surface area (Å²) in [5, 5.41) is 11.0. The van der Waals surface area contributed by atoms with E-state index in [1.165, 1.54) is 7.11 Å². The third-order valence-electron chi connectivity index (χ3n) is 2.26. The summed E-state index contributed by atoms with van der Waals surface area (Å²) >= 11 is 5.65. The highest BCUT2D eigenvalue weighted by Crippen LogP contribution is 2.14. The van der Waals surface area contributed by atoms with Crippen molar-refractivity contribution in [2.24, 2.45) is 0 Å². The van der Waals surface area contributed by atoms with Crippen LogP contribution >= 0.6 is 11.6 Å². The molecule has 19 heavy (non-hydrogen) atoms. The number of carboxylic acid groups (broad SMARTS) is 1. The van der Waals surface area contributed by atoms with E-state index < -0.39 is 23.7 Å². The highest BCUT2D eigenvalue weighted by atomic mass is 35.5. The van der Waals surface area contributed by atoms with Gasteiger partial charge in [0, 0.05) is 20.1 Å². The summed E-state index contributed by atoms with van der Waals surface area (Å²) in [6.45, 7) is 0.159. The predicted molar refractivity (Wildman–Crippen MR) is 64.6 cm³/mol. The maximum Gasteiger partial charge on any atom is 0.326 e. The minimum Gasteiger partial charge on any atom is -0.480 e. The maximum atomic E-state index is 13.0. The molecular formula is C11H12ClFN2O4. The fraction of sp³-hybridized carbons (Fsp3) is 0.364. The van der Waals surface area contributed by atoms with E-state index in [9.17, 15) is 14.0 Å². The summed E-state index contributed by atoms with van der Waals surface area (Å²) in [6.07, 6.45) is 0.941. The lowest BCUT2D eigenvalue weighted by Gasteiger charge is -2.14. The number of carbonyl (C=O) groups is 2. The maximum absolute atomic E-state index is 13.0. The van der Waals surface area contributed by atoms with Crippen molar-refractivity contribution < 1.29 is 23.8 Å². The van der Waals surface area contributed by atoms with Crippen molar-refractivity contribution in [2.75, 3.05) is 13.7 Å². The molecule has 0 radical (unpaired) electrons. The third-order valence-corrected chi connectivity index (χ3v) is 2.57. The minimum absolute atomic E-state index is 0.0813. The summed E-state index contributed by atoms with van der Waals surface area (Å²) in [5.74, 6) is -2.76. The number of aliphatic carboxylic acids is 1. The molecule has 8 heteroatoms. The molecule has 1 amide bonds. The quantitative estimate of drug-likeness (QED) is 0.766. The van der Waals surface area contributed by atoms with Crippen LogP contribution in [0.4, 0.5) is 4.39 Å². The number of hydrogen-bond donors (Lipinski definition) is 2. The Morgan fingerprint density at radius 2 is 2.32 bits per heavy atom. The first-order chi connectivity index (χ1) is 8.95. The van der Waals surface area contributed by atoms with Crippen molar-refractivity contribution in [3.63, 3.8) is 0 Å². The number of methoxy groups -OCH3 is 1. The van der Waals surface area contributed by atoms with Crippen molar-refractivity contribution in [3.8, 4) is 0 Å². The molecule has 0 bridgehead atoms. The van der Waals surface area contributed by atoms with Gasteiger partial charge in [0.15, 0.2) is 0 Å². The van der Waals surface area contributed by atoms with Gasteiger partial charge in [-0.2, -0.15) is 0 Å². The molecule has 1 heterocycles. The molecular weight excluding hydrogens is 279 g/mol. The third kappa shape index (κ3) is 4.46. The number of nitrogens with one attached hydrogen (secondary N) is 1. The SMILES string of the molecule is COCCC(NC(=O)c1cc(F)cnc1Cl)C(=O)O. The summed E-state index contributed by atoms with van der Waals surface area (Å²) in [5.41, 5.74) is -0.217. The van der Waals surface area contributed by atoms with E-state index in [0.717, 1.165) is 12.3 Å². The summed E-state index contributed by atoms with van der Waals surface area (Å²) in [4.78, 5) is 26.2. The van der Waals surface area contributed by atoms with Crippen LogP contribution in [-0.2, 0) is 9.53 Å². The van der Waals surface area contributed by atoms with E-state index in [1.54, 1.807) is 0 Å². The Bertz CT molecular complexity index is 484. The van der Waals surface area contributed by atoms with E-state index >= 15 is 0 Å². The largest absolute Gasteiger partial charge is 0.480 e. The lowest BCUT2D eigenvalue weighted by Crippen LogP contribution is -2.41. The number of aromatic nitrogens is 1. The van der Waals surface area contributed by atoms with Gasteiger partial charge in [-0.3, -0.25) is 4.79 Å². The molecule has 0 saturated heterocycles. The van der Waals surface area contributed by atoms with Crippen molar-refractivity contribution in [1.82, 2.24) is 10.3 Å². The van der Waals surface area contributed by atoms with Crippen molar-refractivity contribution in [1.29, 1.82) is 0 Å². The first-order valence-corrected chi connectivity index (χ1v) is 5.67. The van der Waals surface area contributed by atoms with Crippen LogP contribution in [0.3, 0.4) is 0 Å². The van der Waals surface area contributed by atoms with Gasteiger partial charge in [-0.15, -0.1) is 0 Å². The molecule has 1 aromatic heterocycles. The van der Waals surface area contributed by atoms with Gasteiger partial charge in [-0.25, -0.2) is 14.2 Å². The zero-order valence-electron chi connectivity index (χ0n) is 10.0. The average molecular weight is 291 g/mol. The molecule has 2 N–H and O–H groups in total. The summed E-state index contributed by atoms with van der Waals surface area (Å²) in [6, 6.07) is -0.258. The fourth-order valence-corrected chi connectivity index (χ4v) is 1.50. The van der Waals surface area contributed by atoms with Crippen LogP contribution in [0.15, 0.2) is 12.3 Å². The Balaban J connectivity index is 2.81. The molecule has 0 saturated carbocycles. The van der Waals surface area contributed by atoms with Gasteiger partial charge in [-0.05, 0) is 6.07 Å². The van der Waals surface area contributed by atoms with Gasteiger partial charge >= 0.3 is 5.97 Å². The van der Waals surface area contributed by atoms with Crippen molar-refractivity contribution in [2.45, 2.75) is 12.5 Å². The highest BCUT2D eigenvalue weighted by molar-refractivity contribution is 6.32. The number of nitrogens with zero attached hydrogens (tertiary/aromatic N) is 1. The summed E-state index contributed by atoms with van der Waals surface area (Å²) < 4.78 is 17.7. The minimum atomic E-state index is -1.22. The Hall–Kier alpha value is -1.73. The van der Waals surface area contributed by atoms with Crippen LogP contribution in [0.2, 0.25) is 5.15 Å². The lowest BCUT2D eigenvalue weighted by molar-refractivity contribution is -0.139. The van der Waals surface area contributed by atoms with E-state index in [4.69, 9.17) is 21.4 Å². The van der Waals surface area contributed by atoms with Crippen LogP contribution in [0.1, 0.15) is 16.8 Å². The molecule has 104 valence electrons. The highest BCUT2D eigenvalue weighted by Gasteiger charge is 2.22. The second-order valence-corrected chi connectivity index (χ2v) is 4.00. The van der Waals surface area contributed by atoms with Crippen molar-refractivity contribution in [3.05, 3.63) is 28.8 Å². The molecule has 1 rings (SSSR count). The molecule has 1 aromatic rings. The number of rotatable bonds is 6. The van der Waals surface area contributed by atoms with Gasteiger partial charge < -0.3 is 15.2 Å². The number of carbonyl (C=O) groups excluding carboxylic acids is 1. The Kier molecular flexibility index (Phi) is 5.65. The molecule has 1 atom stereocenters. The zero-order valence-corrected chi connectivity index (χ0v) is 10.8. The Labute approximate surface area is 113 Å². The Morgan fingerprint density at radius 3 is 2.89 bits per heavy atom. The van der Waals surface area contributed by atoms with Gasteiger partial charge in [0.05, 0.1) is 11.8 Å². The molecule has 0 spiro atoms. The first kappa shape index (κ1) is 15.3. The lowest BCUT2D eigenvalue weighted by atomic mass is 10.2. The average Bonchev–Trinajstić information content (AvgIpc) is 2.36. The standard InChI is InChI=1S/C11H12ClFN2O4/c1-19-3-2-8(11(17)18)15-10(16)7-4-6(13)5-14-9(7)12/h4-5,8H,2-3H2,1H3,(H,15,16)(H,17,18). The normalized spacial score (nSPS) is 11.9. The van der Waals surface area contributed by atoms with Gasteiger partial charge in [0.25, 0.3) is 5.91 Å². The van der Waals surface area contributed by atoms with E-state index in [0.29, 0.717) is 0 Å². The van der Waals surface area contributed by atoms with Gasteiger partial charge in [-0.1, -0.05) is 11.6 Å². The van der Waals surface area contributed by atoms with Gasteiger partial charge in [0.2, 0.25) is 0 Å².